The van der Waals surface area contributed by atoms with Crippen LogP contribution in [0.25, 0.3) is 0 Å². The van der Waals surface area contributed by atoms with E-state index in [1.807, 2.05) is 6.92 Å². The summed E-state index contributed by atoms with van der Waals surface area (Å²) in [6, 6.07) is -0.127. The van der Waals surface area contributed by atoms with Crippen LogP contribution < -0.4 is 0 Å². The molecule has 116 valence electrons. The second kappa shape index (κ2) is 8.09. The normalized spacial score (nSPS) is 16.5. The molecular weight excluding hydrogens is 258 g/mol. The predicted octanol–water partition coefficient (Wildman–Crippen LogP) is 1.18. The van der Waals surface area contributed by atoms with Crippen molar-refractivity contribution in [1.82, 2.24) is 14.7 Å². The minimum atomic E-state index is -0.950. The highest BCUT2D eigenvalue weighted by Gasteiger charge is 2.27. The summed E-state index contributed by atoms with van der Waals surface area (Å²) in [4.78, 5) is 28.6. The zero-order chi connectivity index (χ0) is 15.1. The number of carboxylic acid groups (broad SMARTS) is 1. The first-order chi connectivity index (χ1) is 9.43. The molecule has 0 saturated carbocycles. The molecular formula is C14H27N3O3. The Morgan fingerprint density at radius 1 is 1.25 bits per heavy atom. The van der Waals surface area contributed by atoms with Gasteiger partial charge in [-0.15, -0.1) is 0 Å². The number of carboxylic acids is 1. The smallest absolute Gasteiger partial charge is 0.323 e. The van der Waals surface area contributed by atoms with Crippen LogP contribution in [0.5, 0.6) is 0 Å². The third kappa shape index (κ3) is 5.36. The Balaban J connectivity index is 2.49. The molecule has 2 amide bonds. The number of hydrogen-bond acceptors (Lipinski definition) is 3. The summed E-state index contributed by atoms with van der Waals surface area (Å²) < 4.78 is 0. The van der Waals surface area contributed by atoms with Crippen molar-refractivity contribution in [2.75, 3.05) is 46.8 Å². The fourth-order valence-corrected chi connectivity index (χ4v) is 2.70. The number of aliphatic carboxylic acids is 1. The van der Waals surface area contributed by atoms with Gasteiger partial charge in [-0.05, 0) is 39.3 Å². The molecule has 0 atom stereocenters. The molecule has 1 saturated heterocycles. The number of urea groups is 1. The van der Waals surface area contributed by atoms with E-state index in [9.17, 15) is 9.59 Å². The standard InChI is InChI=1S/C14H27N3O3/c1-4-7-17(11-13(18)19)14(20)16-8-5-12(6-9-16)10-15(2)3/h12H,4-11H2,1-3H3,(H,18,19). The van der Waals surface area contributed by atoms with Crippen LogP contribution in [0, 0.1) is 5.92 Å². The van der Waals surface area contributed by atoms with Gasteiger partial charge in [-0.3, -0.25) is 4.79 Å². The van der Waals surface area contributed by atoms with Gasteiger partial charge in [-0.2, -0.15) is 0 Å². The van der Waals surface area contributed by atoms with Gasteiger partial charge >= 0.3 is 12.0 Å². The number of amides is 2. The Morgan fingerprint density at radius 3 is 2.30 bits per heavy atom. The molecule has 6 nitrogen and oxygen atoms in total. The fraction of sp³-hybridized carbons (Fsp3) is 0.857. The van der Waals surface area contributed by atoms with Crippen molar-refractivity contribution in [1.29, 1.82) is 0 Å². The molecule has 0 aromatic carbocycles. The van der Waals surface area contributed by atoms with Crippen LogP contribution in [0.1, 0.15) is 26.2 Å². The van der Waals surface area contributed by atoms with E-state index in [-0.39, 0.29) is 12.6 Å². The molecule has 0 bridgehead atoms. The molecule has 0 unspecified atom stereocenters. The molecule has 0 spiro atoms. The molecule has 1 rings (SSSR count). The number of nitrogens with zero attached hydrogens (tertiary/aromatic N) is 3. The van der Waals surface area contributed by atoms with E-state index in [0.29, 0.717) is 12.5 Å². The van der Waals surface area contributed by atoms with E-state index in [4.69, 9.17) is 5.11 Å². The van der Waals surface area contributed by atoms with E-state index in [0.717, 1.165) is 38.9 Å². The van der Waals surface area contributed by atoms with Gasteiger partial charge in [0.2, 0.25) is 0 Å². The average molecular weight is 285 g/mol. The third-order valence-corrected chi connectivity index (χ3v) is 3.60. The van der Waals surface area contributed by atoms with Gasteiger partial charge in [0.15, 0.2) is 0 Å². The van der Waals surface area contributed by atoms with Gasteiger partial charge in [0, 0.05) is 26.2 Å². The highest BCUT2D eigenvalue weighted by atomic mass is 16.4. The summed E-state index contributed by atoms with van der Waals surface area (Å²) in [5.74, 6) is -0.317. The lowest BCUT2D eigenvalue weighted by Crippen LogP contribution is -2.49. The fourth-order valence-electron chi connectivity index (χ4n) is 2.70. The van der Waals surface area contributed by atoms with Crippen LogP contribution in [0.4, 0.5) is 4.79 Å². The molecule has 1 fully saturated rings. The van der Waals surface area contributed by atoms with Crippen molar-refractivity contribution in [3.63, 3.8) is 0 Å². The number of likely N-dealkylation sites (tertiary alicyclic amines) is 1. The zero-order valence-electron chi connectivity index (χ0n) is 12.8. The second-order valence-electron chi connectivity index (χ2n) is 5.79. The van der Waals surface area contributed by atoms with E-state index in [1.54, 1.807) is 4.90 Å². The van der Waals surface area contributed by atoms with Crippen LogP contribution in [0.15, 0.2) is 0 Å². The van der Waals surface area contributed by atoms with Crippen LogP contribution >= 0.6 is 0 Å². The Labute approximate surface area is 121 Å². The lowest BCUT2D eigenvalue weighted by atomic mass is 9.96. The first-order valence-electron chi connectivity index (χ1n) is 7.34. The van der Waals surface area contributed by atoms with Gasteiger partial charge < -0.3 is 19.8 Å². The minimum Gasteiger partial charge on any atom is -0.480 e. The van der Waals surface area contributed by atoms with Crippen LogP contribution in [-0.4, -0.2) is 78.6 Å². The molecule has 1 aliphatic rings. The van der Waals surface area contributed by atoms with Crippen molar-refractivity contribution >= 4 is 12.0 Å². The van der Waals surface area contributed by atoms with Crippen molar-refractivity contribution in [2.45, 2.75) is 26.2 Å². The Kier molecular flexibility index (Phi) is 6.78. The van der Waals surface area contributed by atoms with Crippen LogP contribution in [-0.2, 0) is 4.79 Å². The Morgan fingerprint density at radius 2 is 1.85 bits per heavy atom. The van der Waals surface area contributed by atoms with Crippen molar-refractivity contribution in [2.24, 2.45) is 5.92 Å². The maximum Gasteiger partial charge on any atom is 0.323 e. The largest absolute Gasteiger partial charge is 0.480 e. The Bertz CT molecular complexity index is 326. The molecule has 1 heterocycles. The number of carbonyl (C=O) groups is 2. The lowest BCUT2D eigenvalue weighted by Gasteiger charge is -2.36. The number of hydrogen-bond donors (Lipinski definition) is 1. The summed E-state index contributed by atoms with van der Waals surface area (Å²) in [6.45, 7) is 4.77. The highest BCUT2D eigenvalue weighted by Crippen LogP contribution is 2.19. The summed E-state index contributed by atoms with van der Waals surface area (Å²) in [6.07, 6.45) is 2.77. The van der Waals surface area contributed by atoms with Crippen LogP contribution in [0.3, 0.4) is 0 Å². The zero-order valence-corrected chi connectivity index (χ0v) is 12.8. The SMILES string of the molecule is CCCN(CC(=O)O)C(=O)N1CCC(CN(C)C)CC1. The number of piperidine rings is 1. The van der Waals surface area contributed by atoms with E-state index < -0.39 is 5.97 Å². The monoisotopic (exact) mass is 285 g/mol. The molecule has 0 aromatic heterocycles. The first kappa shape index (κ1) is 16.8. The van der Waals surface area contributed by atoms with Gasteiger partial charge in [-0.1, -0.05) is 6.92 Å². The van der Waals surface area contributed by atoms with E-state index in [2.05, 4.69) is 19.0 Å². The van der Waals surface area contributed by atoms with Gasteiger partial charge in [0.25, 0.3) is 0 Å². The topological polar surface area (TPSA) is 64.1 Å². The number of carbonyl (C=O) groups excluding carboxylic acids is 1. The van der Waals surface area contributed by atoms with Gasteiger partial charge in [-0.25, -0.2) is 4.79 Å². The third-order valence-electron chi connectivity index (χ3n) is 3.60. The summed E-state index contributed by atoms with van der Waals surface area (Å²) in [5.41, 5.74) is 0. The van der Waals surface area contributed by atoms with Gasteiger partial charge in [0.1, 0.15) is 6.54 Å². The molecule has 1 aliphatic heterocycles. The van der Waals surface area contributed by atoms with Crippen molar-refractivity contribution in [3.8, 4) is 0 Å². The molecule has 6 heteroatoms. The highest BCUT2D eigenvalue weighted by molar-refractivity contribution is 5.80. The summed E-state index contributed by atoms with van der Waals surface area (Å²) in [7, 11) is 4.13. The predicted molar refractivity (Wildman–Crippen MR) is 77.7 cm³/mol. The second-order valence-corrected chi connectivity index (χ2v) is 5.79. The quantitative estimate of drug-likeness (QED) is 0.796. The first-order valence-corrected chi connectivity index (χ1v) is 7.34. The van der Waals surface area contributed by atoms with Gasteiger partial charge in [0.05, 0.1) is 0 Å². The minimum absolute atomic E-state index is 0.127. The van der Waals surface area contributed by atoms with Crippen LogP contribution in [0.2, 0.25) is 0 Å². The molecule has 0 aromatic rings. The number of rotatable bonds is 6. The van der Waals surface area contributed by atoms with E-state index in [1.165, 1.54) is 4.90 Å². The molecule has 20 heavy (non-hydrogen) atoms. The Hall–Kier alpha value is -1.30. The maximum absolute atomic E-state index is 12.3. The lowest BCUT2D eigenvalue weighted by molar-refractivity contribution is -0.137. The molecule has 0 aliphatic carbocycles. The average Bonchev–Trinajstić information content (AvgIpc) is 2.37. The van der Waals surface area contributed by atoms with Crippen molar-refractivity contribution < 1.29 is 14.7 Å². The van der Waals surface area contributed by atoms with E-state index >= 15 is 0 Å². The molecule has 1 N–H and O–H groups in total. The molecule has 0 radical (unpaired) electrons. The summed E-state index contributed by atoms with van der Waals surface area (Å²) >= 11 is 0. The summed E-state index contributed by atoms with van der Waals surface area (Å²) in [5, 5.41) is 8.88. The van der Waals surface area contributed by atoms with Crippen molar-refractivity contribution in [3.05, 3.63) is 0 Å². The maximum atomic E-state index is 12.3.